The van der Waals surface area contributed by atoms with Crippen LogP contribution in [0.1, 0.15) is 28.4 Å². The monoisotopic (exact) mass is 418 g/mol. The van der Waals surface area contributed by atoms with E-state index >= 15 is 0 Å². The summed E-state index contributed by atoms with van der Waals surface area (Å²) in [4.78, 5) is 12.3. The van der Waals surface area contributed by atoms with Crippen LogP contribution in [0, 0.1) is 0 Å². The summed E-state index contributed by atoms with van der Waals surface area (Å²) in [6.07, 6.45) is 3.79. The van der Waals surface area contributed by atoms with Crippen LogP contribution < -0.4 is 14.2 Å². The van der Waals surface area contributed by atoms with Crippen molar-refractivity contribution < 1.29 is 23.7 Å². The van der Waals surface area contributed by atoms with Crippen LogP contribution in [0.5, 0.6) is 17.2 Å². The topological polar surface area (TPSA) is 54.0 Å². The summed E-state index contributed by atoms with van der Waals surface area (Å²) in [6.45, 7) is 2.91. The lowest BCUT2D eigenvalue weighted by Crippen LogP contribution is -2.07. The number of hydrogen-bond donors (Lipinski definition) is 0. The molecule has 0 atom stereocenters. The van der Waals surface area contributed by atoms with Crippen LogP contribution in [0.3, 0.4) is 0 Å². The lowest BCUT2D eigenvalue weighted by molar-refractivity contribution is 0.0599. The molecule has 5 nitrogen and oxygen atoms in total. The molecular formula is C26H26O5. The molecule has 0 heterocycles. The van der Waals surface area contributed by atoms with Crippen LogP contribution in [0.2, 0.25) is 0 Å². The summed E-state index contributed by atoms with van der Waals surface area (Å²) >= 11 is 0. The highest BCUT2D eigenvalue weighted by Gasteiger charge is 2.19. The number of methoxy groups -OCH3 is 1. The van der Waals surface area contributed by atoms with E-state index in [2.05, 4.69) is 0 Å². The van der Waals surface area contributed by atoms with Gasteiger partial charge in [0, 0.05) is 0 Å². The first-order chi connectivity index (χ1) is 15.2. The third-order valence-corrected chi connectivity index (χ3v) is 4.48. The second-order valence-electron chi connectivity index (χ2n) is 6.72. The molecule has 0 aliphatic carbocycles. The number of esters is 1. The molecule has 0 N–H and O–H groups in total. The summed E-state index contributed by atoms with van der Waals surface area (Å²) in [7, 11) is 1.34. The quantitative estimate of drug-likeness (QED) is 0.317. The van der Waals surface area contributed by atoms with Crippen LogP contribution in [-0.2, 0) is 18.0 Å². The summed E-state index contributed by atoms with van der Waals surface area (Å²) in [5.74, 6) is 0.797. The van der Waals surface area contributed by atoms with E-state index in [0.29, 0.717) is 42.6 Å². The number of benzene rings is 3. The summed E-state index contributed by atoms with van der Waals surface area (Å²) in [5.41, 5.74) is 2.32. The fourth-order valence-corrected chi connectivity index (χ4v) is 2.87. The number of rotatable bonds is 10. The van der Waals surface area contributed by atoms with Gasteiger partial charge in [0.2, 0.25) is 5.75 Å². The predicted octanol–water partition coefficient (Wildman–Crippen LogP) is 5.59. The normalized spacial score (nSPS) is 10.6. The maximum atomic E-state index is 12.3. The summed E-state index contributed by atoms with van der Waals surface area (Å²) in [6, 6.07) is 22.8. The Labute approximate surface area is 182 Å². The molecule has 3 aromatic rings. The van der Waals surface area contributed by atoms with Gasteiger partial charge in [-0.15, -0.1) is 0 Å². The molecule has 0 aliphatic rings. The zero-order valence-corrected chi connectivity index (χ0v) is 17.7. The van der Waals surface area contributed by atoms with Gasteiger partial charge in [0.15, 0.2) is 11.5 Å². The molecule has 0 amide bonds. The van der Waals surface area contributed by atoms with Crippen molar-refractivity contribution in [2.75, 3.05) is 13.7 Å². The third-order valence-electron chi connectivity index (χ3n) is 4.48. The van der Waals surface area contributed by atoms with E-state index in [1.807, 2.05) is 79.7 Å². The van der Waals surface area contributed by atoms with Crippen molar-refractivity contribution in [2.45, 2.75) is 20.1 Å². The largest absolute Gasteiger partial charge is 0.485 e. The highest BCUT2D eigenvalue weighted by atomic mass is 16.5. The standard InChI is InChI=1S/C26H26O5/c1-3-4-15-29-25-23(30-18-20-11-7-5-8-12-20)16-22(26(27)28-2)17-24(25)31-19-21-13-9-6-10-14-21/h3-14,16-17H,15,18-19H2,1-2H3/b4-3+. The van der Waals surface area contributed by atoms with Gasteiger partial charge >= 0.3 is 5.97 Å². The van der Waals surface area contributed by atoms with Gasteiger partial charge in [-0.05, 0) is 30.2 Å². The van der Waals surface area contributed by atoms with Gasteiger partial charge in [0.1, 0.15) is 19.8 Å². The van der Waals surface area contributed by atoms with E-state index in [1.54, 1.807) is 12.1 Å². The van der Waals surface area contributed by atoms with Crippen LogP contribution in [0.25, 0.3) is 0 Å². The molecule has 3 rings (SSSR count). The first-order valence-electron chi connectivity index (χ1n) is 10.0. The van der Waals surface area contributed by atoms with Crippen LogP contribution in [0.15, 0.2) is 84.9 Å². The fourth-order valence-electron chi connectivity index (χ4n) is 2.87. The van der Waals surface area contributed by atoms with E-state index in [-0.39, 0.29) is 0 Å². The molecule has 0 unspecified atom stereocenters. The van der Waals surface area contributed by atoms with Gasteiger partial charge in [0.05, 0.1) is 12.7 Å². The Bertz CT molecular complexity index is 932. The molecule has 0 spiro atoms. The number of carbonyl (C=O) groups excluding carboxylic acids is 1. The van der Waals surface area contributed by atoms with E-state index in [9.17, 15) is 4.79 Å². The van der Waals surface area contributed by atoms with Crippen molar-refractivity contribution >= 4 is 5.97 Å². The maximum absolute atomic E-state index is 12.3. The smallest absolute Gasteiger partial charge is 0.338 e. The molecule has 5 heteroatoms. The Balaban J connectivity index is 1.94. The Morgan fingerprint density at radius 1 is 0.806 bits per heavy atom. The zero-order valence-electron chi connectivity index (χ0n) is 17.7. The van der Waals surface area contributed by atoms with Crippen molar-refractivity contribution in [1.29, 1.82) is 0 Å². The zero-order chi connectivity index (χ0) is 21.9. The van der Waals surface area contributed by atoms with Crippen LogP contribution >= 0.6 is 0 Å². The molecular weight excluding hydrogens is 392 g/mol. The van der Waals surface area contributed by atoms with E-state index < -0.39 is 5.97 Å². The van der Waals surface area contributed by atoms with Gasteiger partial charge in [-0.25, -0.2) is 4.79 Å². The molecule has 0 fully saturated rings. The Morgan fingerprint density at radius 2 is 1.32 bits per heavy atom. The van der Waals surface area contributed by atoms with Gasteiger partial charge in [0.25, 0.3) is 0 Å². The average Bonchev–Trinajstić information content (AvgIpc) is 2.83. The molecule has 3 aromatic carbocycles. The van der Waals surface area contributed by atoms with Crippen LogP contribution in [-0.4, -0.2) is 19.7 Å². The number of ether oxygens (including phenoxy) is 4. The maximum Gasteiger partial charge on any atom is 0.338 e. The van der Waals surface area contributed by atoms with Crippen molar-refractivity contribution in [3.63, 3.8) is 0 Å². The molecule has 0 aromatic heterocycles. The van der Waals surface area contributed by atoms with Crippen LogP contribution in [0.4, 0.5) is 0 Å². The molecule has 0 saturated carbocycles. The van der Waals surface area contributed by atoms with Crippen molar-refractivity contribution in [1.82, 2.24) is 0 Å². The average molecular weight is 418 g/mol. The van der Waals surface area contributed by atoms with Crippen molar-refractivity contribution in [3.8, 4) is 17.2 Å². The van der Waals surface area contributed by atoms with Gasteiger partial charge in [-0.3, -0.25) is 0 Å². The van der Waals surface area contributed by atoms with E-state index in [4.69, 9.17) is 18.9 Å². The Morgan fingerprint density at radius 3 is 1.77 bits per heavy atom. The third kappa shape index (κ3) is 6.37. The Kier molecular flexibility index (Phi) is 8.12. The minimum atomic E-state index is -0.478. The van der Waals surface area contributed by atoms with Gasteiger partial charge in [-0.1, -0.05) is 72.8 Å². The fraction of sp³-hybridized carbons (Fsp3) is 0.192. The first kappa shape index (κ1) is 22.0. The highest BCUT2D eigenvalue weighted by molar-refractivity contribution is 5.91. The highest BCUT2D eigenvalue weighted by Crippen LogP contribution is 2.40. The SMILES string of the molecule is C/C=C/COc1c(OCc2ccccc2)cc(C(=O)OC)cc1OCc1ccccc1. The summed E-state index contributed by atoms with van der Waals surface area (Å²) < 4.78 is 23.0. The Hall–Kier alpha value is -3.73. The molecule has 31 heavy (non-hydrogen) atoms. The molecule has 0 saturated heterocycles. The summed E-state index contributed by atoms with van der Waals surface area (Å²) in [5, 5.41) is 0. The first-order valence-corrected chi connectivity index (χ1v) is 10.0. The van der Waals surface area contributed by atoms with Crippen molar-refractivity contribution in [2.24, 2.45) is 0 Å². The number of hydrogen-bond acceptors (Lipinski definition) is 5. The number of allylic oxidation sites excluding steroid dienone is 1. The minimum absolute atomic E-state index is 0.323. The molecule has 160 valence electrons. The molecule has 0 aliphatic heterocycles. The second kappa shape index (κ2) is 11.5. The second-order valence-corrected chi connectivity index (χ2v) is 6.72. The molecule has 0 radical (unpaired) electrons. The lowest BCUT2D eigenvalue weighted by Gasteiger charge is -2.18. The molecule has 0 bridgehead atoms. The van der Waals surface area contributed by atoms with E-state index in [0.717, 1.165) is 11.1 Å². The predicted molar refractivity (Wildman–Crippen MR) is 120 cm³/mol. The lowest BCUT2D eigenvalue weighted by atomic mass is 10.1. The van der Waals surface area contributed by atoms with E-state index in [1.165, 1.54) is 7.11 Å². The number of carbonyl (C=O) groups is 1. The van der Waals surface area contributed by atoms with Gasteiger partial charge in [-0.2, -0.15) is 0 Å². The minimum Gasteiger partial charge on any atom is -0.485 e. The van der Waals surface area contributed by atoms with Crippen molar-refractivity contribution in [3.05, 3.63) is 102 Å². The van der Waals surface area contributed by atoms with Gasteiger partial charge < -0.3 is 18.9 Å².